The smallest absolute Gasteiger partial charge is 0.161 e. The number of hydrogen-bond acceptors (Lipinski definition) is 3. The molecule has 0 saturated carbocycles. The SMILES string of the molecule is CCOc1cc(C[NH+]2CCN(c3ccccc3C)CC2)ccc1O. The monoisotopic (exact) mass is 327 g/mol. The molecular weight excluding hydrogens is 300 g/mol. The van der Waals surface area contributed by atoms with Gasteiger partial charge in [-0.3, -0.25) is 0 Å². The topological polar surface area (TPSA) is 37.1 Å². The highest BCUT2D eigenvalue weighted by atomic mass is 16.5. The first kappa shape index (κ1) is 16.7. The highest BCUT2D eigenvalue weighted by Gasteiger charge is 2.21. The first-order chi connectivity index (χ1) is 11.7. The molecule has 0 aliphatic carbocycles. The summed E-state index contributed by atoms with van der Waals surface area (Å²) in [5.74, 6) is 0.813. The second-order valence-corrected chi connectivity index (χ2v) is 6.44. The number of hydrogen-bond donors (Lipinski definition) is 2. The van der Waals surface area contributed by atoms with Gasteiger partial charge < -0.3 is 19.6 Å². The molecule has 0 aromatic heterocycles. The van der Waals surface area contributed by atoms with Crippen LogP contribution in [0.1, 0.15) is 18.1 Å². The third-order valence-corrected chi connectivity index (χ3v) is 4.70. The van der Waals surface area contributed by atoms with E-state index in [1.165, 1.54) is 16.8 Å². The Bertz CT molecular complexity index is 679. The van der Waals surface area contributed by atoms with Crippen molar-refractivity contribution in [2.24, 2.45) is 0 Å². The van der Waals surface area contributed by atoms with E-state index in [-0.39, 0.29) is 5.75 Å². The molecule has 4 nitrogen and oxygen atoms in total. The number of aryl methyl sites for hydroxylation is 1. The van der Waals surface area contributed by atoms with Crippen LogP contribution in [-0.2, 0) is 6.54 Å². The Hall–Kier alpha value is -2.20. The molecule has 0 unspecified atom stereocenters. The lowest BCUT2D eigenvalue weighted by Gasteiger charge is -2.34. The van der Waals surface area contributed by atoms with Gasteiger partial charge in [-0.2, -0.15) is 0 Å². The van der Waals surface area contributed by atoms with Crippen molar-refractivity contribution in [3.05, 3.63) is 53.6 Å². The lowest BCUT2D eigenvalue weighted by molar-refractivity contribution is -0.914. The van der Waals surface area contributed by atoms with E-state index in [1.54, 1.807) is 11.0 Å². The molecule has 4 heteroatoms. The van der Waals surface area contributed by atoms with E-state index in [9.17, 15) is 5.11 Å². The maximum Gasteiger partial charge on any atom is 0.161 e. The molecule has 0 spiro atoms. The first-order valence-electron chi connectivity index (χ1n) is 8.76. The van der Waals surface area contributed by atoms with E-state index >= 15 is 0 Å². The van der Waals surface area contributed by atoms with Gasteiger partial charge in [0.25, 0.3) is 0 Å². The number of aromatic hydroxyl groups is 1. The van der Waals surface area contributed by atoms with Crippen molar-refractivity contribution >= 4 is 5.69 Å². The van der Waals surface area contributed by atoms with Gasteiger partial charge in [-0.15, -0.1) is 0 Å². The lowest BCUT2D eigenvalue weighted by atomic mass is 10.1. The molecular formula is C20H27N2O2+. The zero-order valence-corrected chi connectivity index (χ0v) is 14.6. The molecule has 0 radical (unpaired) electrons. The highest BCUT2D eigenvalue weighted by Crippen LogP contribution is 2.26. The van der Waals surface area contributed by atoms with Crippen LogP contribution in [0, 0.1) is 6.92 Å². The molecule has 0 amide bonds. The molecule has 1 aliphatic rings. The normalized spacial score (nSPS) is 15.5. The molecule has 1 fully saturated rings. The van der Waals surface area contributed by atoms with Crippen molar-refractivity contribution in [1.29, 1.82) is 0 Å². The van der Waals surface area contributed by atoms with Crippen LogP contribution in [0.3, 0.4) is 0 Å². The summed E-state index contributed by atoms with van der Waals surface area (Å²) < 4.78 is 5.49. The quantitative estimate of drug-likeness (QED) is 0.882. The van der Waals surface area contributed by atoms with Gasteiger partial charge in [-0.05, 0) is 43.7 Å². The average Bonchev–Trinajstić information content (AvgIpc) is 2.59. The summed E-state index contributed by atoms with van der Waals surface area (Å²) in [6.45, 7) is 10.1. The minimum absolute atomic E-state index is 0.222. The van der Waals surface area contributed by atoms with Gasteiger partial charge in [-0.25, -0.2) is 0 Å². The Morgan fingerprint density at radius 2 is 1.88 bits per heavy atom. The molecule has 3 rings (SSSR count). The second kappa shape index (κ2) is 7.58. The number of quaternary nitrogens is 1. The van der Waals surface area contributed by atoms with Crippen molar-refractivity contribution in [3.8, 4) is 11.5 Å². The number of benzene rings is 2. The Morgan fingerprint density at radius 1 is 1.12 bits per heavy atom. The molecule has 1 saturated heterocycles. The van der Waals surface area contributed by atoms with E-state index < -0.39 is 0 Å². The Kier molecular flexibility index (Phi) is 5.26. The summed E-state index contributed by atoms with van der Waals surface area (Å²) in [7, 11) is 0. The van der Waals surface area contributed by atoms with Crippen molar-refractivity contribution in [2.45, 2.75) is 20.4 Å². The summed E-state index contributed by atoms with van der Waals surface area (Å²) in [6, 6.07) is 14.3. The Labute approximate surface area is 144 Å². The zero-order valence-electron chi connectivity index (χ0n) is 14.6. The minimum atomic E-state index is 0.222. The Balaban J connectivity index is 1.59. The standard InChI is InChI=1S/C20H26N2O2/c1-3-24-20-14-17(8-9-19(20)23)15-21-10-12-22(13-11-21)18-7-5-4-6-16(18)2/h4-9,14,23H,3,10-13,15H2,1-2H3/p+1. The molecule has 2 aromatic rings. The van der Waals surface area contributed by atoms with Crippen molar-refractivity contribution in [3.63, 3.8) is 0 Å². The number of nitrogens with one attached hydrogen (secondary N) is 1. The fourth-order valence-corrected chi connectivity index (χ4v) is 3.39. The van der Waals surface area contributed by atoms with Crippen LogP contribution in [0.15, 0.2) is 42.5 Å². The van der Waals surface area contributed by atoms with Crippen LogP contribution in [0.4, 0.5) is 5.69 Å². The van der Waals surface area contributed by atoms with Crippen LogP contribution in [0.5, 0.6) is 11.5 Å². The molecule has 2 aromatic carbocycles. The van der Waals surface area contributed by atoms with Crippen LogP contribution in [0.2, 0.25) is 0 Å². The van der Waals surface area contributed by atoms with Crippen LogP contribution < -0.4 is 14.5 Å². The van der Waals surface area contributed by atoms with Crippen LogP contribution in [-0.4, -0.2) is 37.9 Å². The highest BCUT2D eigenvalue weighted by molar-refractivity contribution is 5.53. The van der Waals surface area contributed by atoms with Crippen LogP contribution >= 0.6 is 0 Å². The number of anilines is 1. The Morgan fingerprint density at radius 3 is 2.58 bits per heavy atom. The van der Waals surface area contributed by atoms with Gasteiger partial charge in [0.15, 0.2) is 11.5 Å². The molecule has 24 heavy (non-hydrogen) atoms. The van der Waals surface area contributed by atoms with E-state index in [4.69, 9.17) is 4.74 Å². The third kappa shape index (κ3) is 3.82. The van der Waals surface area contributed by atoms with Gasteiger partial charge >= 0.3 is 0 Å². The summed E-state index contributed by atoms with van der Waals surface area (Å²) in [4.78, 5) is 4.06. The molecule has 1 heterocycles. The predicted molar refractivity (Wildman–Crippen MR) is 97.1 cm³/mol. The zero-order chi connectivity index (χ0) is 16.9. The summed E-state index contributed by atoms with van der Waals surface area (Å²) in [6.07, 6.45) is 0. The molecule has 0 bridgehead atoms. The molecule has 2 N–H and O–H groups in total. The van der Waals surface area contributed by atoms with E-state index in [0.29, 0.717) is 12.4 Å². The molecule has 128 valence electrons. The lowest BCUT2D eigenvalue weighted by Crippen LogP contribution is -3.13. The maximum absolute atomic E-state index is 9.82. The fourth-order valence-electron chi connectivity index (χ4n) is 3.39. The number of para-hydroxylation sites is 1. The van der Waals surface area contributed by atoms with Crippen LogP contribution in [0.25, 0.3) is 0 Å². The largest absolute Gasteiger partial charge is 0.504 e. The van der Waals surface area contributed by atoms with Gasteiger partial charge in [0.1, 0.15) is 6.54 Å². The predicted octanol–water partition coefficient (Wildman–Crippen LogP) is 2.00. The van der Waals surface area contributed by atoms with Gasteiger partial charge in [0.2, 0.25) is 0 Å². The molecule has 1 aliphatic heterocycles. The first-order valence-corrected chi connectivity index (χ1v) is 8.76. The number of piperazine rings is 1. The number of phenols is 1. The number of nitrogens with zero attached hydrogens (tertiary/aromatic N) is 1. The number of ether oxygens (including phenoxy) is 1. The third-order valence-electron chi connectivity index (χ3n) is 4.70. The number of phenolic OH excluding ortho intramolecular Hbond substituents is 1. The van der Waals surface area contributed by atoms with Gasteiger partial charge in [-0.1, -0.05) is 18.2 Å². The second-order valence-electron chi connectivity index (χ2n) is 6.44. The summed E-state index contributed by atoms with van der Waals surface area (Å²) in [5, 5.41) is 9.82. The van der Waals surface area contributed by atoms with Gasteiger partial charge in [0.05, 0.1) is 32.8 Å². The summed E-state index contributed by atoms with van der Waals surface area (Å²) >= 11 is 0. The average molecular weight is 327 g/mol. The van der Waals surface area contributed by atoms with E-state index in [1.807, 2.05) is 19.1 Å². The summed E-state index contributed by atoms with van der Waals surface area (Å²) in [5.41, 5.74) is 3.93. The van der Waals surface area contributed by atoms with Crippen molar-refractivity contribution in [2.75, 3.05) is 37.7 Å². The van der Waals surface area contributed by atoms with Crippen molar-refractivity contribution < 1.29 is 14.7 Å². The fraction of sp³-hybridized carbons (Fsp3) is 0.400. The molecule has 0 atom stereocenters. The van der Waals surface area contributed by atoms with E-state index in [0.717, 1.165) is 32.7 Å². The maximum atomic E-state index is 9.82. The van der Waals surface area contributed by atoms with E-state index in [2.05, 4.69) is 36.1 Å². The number of rotatable bonds is 5. The van der Waals surface area contributed by atoms with Gasteiger partial charge in [0, 0.05) is 11.3 Å². The van der Waals surface area contributed by atoms with Crippen molar-refractivity contribution in [1.82, 2.24) is 0 Å². The minimum Gasteiger partial charge on any atom is -0.504 e.